The quantitative estimate of drug-likeness (QED) is 0.670. The molecule has 0 unspecified atom stereocenters. The van der Waals surface area contributed by atoms with E-state index in [1.54, 1.807) is 17.5 Å². The van der Waals surface area contributed by atoms with E-state index >= 15 is 0 Å². The first kappa shape index (κ1) is 14.5. The Balaban J connectivity index is 1.99. The minimum Gasteiger partial charge on any atom is -0.478 e. The molecule has 1 aromatic carbocycles. The largest absolute Gasteiger partial charge is 0.478 e. The molecule has 3 aromatic rings. The molecule has 2 heterocycles. The second-order valence-corrected chi connectivity index (χ2v) is 6.70. The van der Waals surface area contributed by atoms with Crippen molar-refractivity contribution in [1.29, 1.82) is 0 Å². The number of thiazole rings is 1. The Bertz CT molecular complexity index is 826. The van der Waals surface area contributed by atoms with Crippen molar-refractivity contribution in [3.05, 3.63) is 50.6 Å². The SMILES string of the molecule is O=C(O)c1csc(-c2csc(-c3cccc(Cl)c3Cl)n2)c1. The van der Waals surface area contributed by atoms with Crippen LogP contribution in [0.5, 0.6) is 0 Å². The van der Waals surface area contributed by atoms with Crippen LogP contribution >= 0.6 is 45.9 Å². The molecule has 3 nitrogen and oxygen atoms in total. The summed E-state index contributed by atoms with van der Waals surface area (Å²) in [6.07, 6.45) is 0. The van der Waals surface area contributed by atoms with E-state index in [0.717, 1.165) is 21.1 Å². The van der Waals surface area contributed by atoms with Gasteiger partial charge in [0.1, 0.15) is 5.01 Å². The lowest BCUT2D eigenvalue weighted by molar-refractivity contribution is 0.0697. The fourth-order valence-electron chi connectivity index (χ4n) is 1.76. The molecule has 0 amide bonds. The maximum Gasteiger partial charge on any atom is 0.336 e. The van der Waals surface area contributed by atoms with Crippen LogP contribution in [0.4, 0.5) is 0 Å². The average molecular weight is 356 g/mol. The highest BCUT2D eigenvalue weighted by atomic mass is 35.5. The highest BCUT2D eigenvalue weighted by molar-refractivity contribution is 7.15. The molecule has 0 radical (unpaired) electrons. The molecule has 2 aromatic heterocycles. The Morgan fingerprint density at radius 2 is 2.00 bits per heavy atom. The van der Waals surface area contributed by atoms with Gasteiger partial charge in [-0.15, -0.1) is 22.7 Å². The van der Waals surface area contributed by atoms with Crippen LogP contribution in [0.15, 0.2) is 35.0 Å². The fourth-order valence-corrected chi connectivity index (χ4v) is 3.98. The van der Waals surface area contributed by atoms with Crippen molar-refractivity contribution < 1.29 is 9.90 Å². The van der Waals surface area contributed by atoms with Crippen LogP contribution in [-0.2, 0) is 0 Å². The molecule has 0 fully saturated rings. The molecular weight excluding hydrogens is 349 g/mol. The van der Waals surface area contributed by atoms with Gasteiger partial charge in [-0.1, -0.05) is 35.3 Å². The molecule has 0 aliphatic carbocycles. The van der Waals surface area contributed by atoms with Gasteiger partial charge < -0.3 is 5.11 Å². The van der Waals surface area contributed by atoms with Crippen molar-refractivity contribution in [2.24, 2.45) is 0 Å². The number of carbonyl (C=O) groups is 1. The van der Waals surface area contributed by atoms with Crippen molar-refractivity contribution >= 4 is 51.8 Å². The summed E-state index contributed by atoms with van der Waals surface area (Å²) in [5.74, 6) is -0.939. The summed E-state index contributed by atoms with van der Waals surface area (Å²) in [4.78, 5) is 16.2. The predicted octanol–water partition coefficient (Wildman–Crippen LogP) is 5.54. The Morgan fingerprint density at radius 1 is 1.19 bits per heavy atom. The van der Waals surface area contributed by atoms with Crippen LogP contribution in [0.3, 0.4) is 0 Å². The van der Waals surface area contributed by atoms with Crippen LogP contribution in [0.1, 0.15) is 10.4 Å². The number of benzene rings is 1. The molecule has 1 N–H and O–H groups in total. The molecule has 21 heavy (non-hydrogen) atoms. The second kappa shape index (κ2) is 5.77. The average Bonchev–Trinajstić information content (AvgIpc) is 3.09. The highest BCUT2D eigenvalue weighted by Crippen LogP contribution is 2.37. The van der Waals surface area contributed by atoms with E-state index in [1.165, 1.54) is 22.7 Å². The smallest absolute Gasteiger partial charge is 0.336 e. The summed E-state index contributed by atoms with van der Waals surface area (Å²) in [6.45, 7) is 0. The molecule has 0 aliphatic rings. The minimum absolute atomic E-state index is 0.269. The van der Waals surface area contributed by atoms with Gasteiger partial charge in [0.2, 0.25) is 0 Å². The van der Waals surface area contributed by atoms with Crippen molar-refractivity contribution in [3.63, 3.8) is 0 Å². The number of carboxylic acid groups (broad SMARTS) is 1. The highest BCUT2D eigenvalue weighted by Gasteiger charge is 2.14. The van der Waals surface area contributed by atoms with Crippen LogP contribution in [0, 0.1) is 0 Å². The van der Waals surface area contributed by atoms with Crippen LogP contribution in [0.25, 0.3) is 21.1 Å². The summed E-state index contributed by atoms with van der Waals surface area (Å²) in [7, 11) is 0. The van der Waals surface area contributed by atoms with Gasteiger partial charge in [-0.2, -0.15) is 0 Å². The van der Waals surface area contributed by atoms with Crippen molar-refractivity contribution in [2.45, 2.75) is 0 Å². The fraction of sp³-hybridized carbons (Fsp3) is 0. The number of rotatable bonds is 3. The summed E-state index contributed by atoms with van der Waals surface area (Å²) in [5, 5.41) is 14.1. The molecule has 3 rings (SSSR count). The predicted molar refractivity (Wildman–Crippen MR) is 87.8 cm³/mol. The van der Waals surface area contributed by atoms with Crippen molar-refractivity contribution in [3.8, 4) is 21.1 Å². The molecular formula is C14H7Cl2NO2S2. The number of carboxylic acids is 1. The Kier molecular flexibility index (Phi) is 3.99. The van der Waals surface area contributed by atoms with E-state index in [1.807, 2.05) is 17.5 Å². The van der Waals surface area contributed by atoms with E-state index in [4.69, 9.17) is 28.3 Å². The van der Waals surface area contributed by atoms with E-state index in [2.05, 4.69) is 4.98 Å². The zero-order valence-corrected chi connectivity index (χ0v) is 13.5. The van der Waals surface area contributed by atoms with Crippen LogP contribution in [0.2, 0.25) is 10.0 Å². The van der Waals surface area contributed by atoms with Gasteiger partial charge in [0.25, 0.3) is 0 Å². The monoisotopic (exact) mass is 355 g/mol. The number of nitrogens with zero attached hydrogens (tertiary/aromatic N) is 1. The van der Waals surface area contributed by atoms with Gasteiger partial charge in [0.15, 0.2) is 0 Å². The summed E-state index contributed by atoms with van der Waals surface area (Å²) >= 11 is 15.0. The Morgan fingerprint density at radius 3 is 2.71 bits per heavy atom. The molecule has 7 heteroatoms. The third kappa shape index (κ3) is 2.82. The molecule has 0 saturated carbocycles. The van der Waals surface area contributed by atoms with Gasteiger partial charge in [-0.3, -0.25) is 0 Å². The Hall–Kier alpha value is -1.40. The maximum atomic E-state index is 10.9. The van der Waals surface area contributed by atoms with E-state index in [-0.39, 0.29) is 5.56 Å². The summed E-state index contributed by atoms with van der Waals surface area (Å²) in [5.41, 5.74) is 1.78. The van der Waals surface area contributed by atoms with Crippen molar-refractivity contribution in [1.82, 2.24) is 4.98 Å². The summed E-state index contributed by atoms with van der Waals surface area (Å²) < 4.78 is 0. The second-order valence-electron chi connectivity index (χ2n) is 4.14. The van der Waals surface area contributed by atoms with E-state index in [0.29, 0.717) is 10.0 Å². The molecule has 106 valence electrons. The third-order valence-electron chi connectivity index (χ3n) is 2.79. The first-order valence-corrected chi connectivity index (χ1v) is 8.30. The van der Waals surface area contributed by atoms with Gasteiger partial charge in [-0.25, -0.2) is 9.78 Å². The van der Waals surface area contributed by atoms with E-state index in [9.17, 15) is 4.79 Å². The molecule has 0 spiro atoms. The molecule has 0 atom stereocenters. The molecule has 0 saturated heterocycles. The number of hydrogen-bond acceptors (Lipinski definition) is 4. The number of thiophene rings is 1. The maximum absolute atomic E-state index is 10.9. The van der Waals surface area contributed by atoms with E-state index < -0.39 is 5.97 Å². The topological polar surface area (TPSA) is 50.2 Å². The normalized spacial score (nSPS) is 10.8. The zero-order valence-electron chi connectivity index (χ0n) is 10.3. The van der Waals surface area contributed by atoms with Crippen molar-refractivity contribution in [2.75, 3.05) is 0 Å². The lowest BCUT2D eigenvalue weighted by atomic mass is 10.2. The van der Waals surface area contributed by atoms with Crippen LogP contribution in [-0.4, -0.2) is 16.1 Å². The summed E-state index contributed by atoms with van der Waals surface area (Å²) in [6, 6.07) is 7.01. The van der Waals surface area contributed by atoms with Gasteiger partial charge in [-0.05, 0) is 12.1 Å². The number of aromatic carboxylic acids is 1. The number of hydrogen-bond donors (Lipinski definition) is 1. The Labute approximate surface area is 138 Å². The standard InChI is InChI=1S/C14H7Cl2NO2S2/c15-9-3-1-2-8(12(9)16)13-17-10(6-21-13)11-4-7(5-20-11)14(18)19/h1-6H,(H,18,19). The lowest BCUT2D eigenvalue weighted by Crippen LogP contribution is -1.91. The first-order chi connectivity index (χ1) is 10.1. The lowest BCUT2D eigenvalue weighted by Gasteiger charge is -2.01. The van der Waals surface area contributed by atoms with Gasteiger partial charge >= 0.3 is 5.97 Å². The van der Waals surface area contributed by atoms with Gasteiger partial charge in [0.05, 0.1) is 26.2 Å². The number of halogens is 2. The zero-order chi connectivity index (χ0) is 15.0. The third-order valence-corrected chi connectivity index (χ3v) is 5.43. The van der Waals surface area contributed by atoms with Gasteiger partial charge in [0, 0.05) is 16.3 Å². The first-order valence-electron chi connectivity index (χ1n) is 5.78. The minimum atomic E-state index is -0.939. The molecule has 0 bridgehead atoms. The van der Waals surface area contributed by atoms with Crippen LogP contribution < -0.4 is 0 Å². The number of aromatic nitrogens is 1. The molecule has 0 aliphatic heterocycles.